The molecule has 2 N–H and O–H groups in total. The number of hydrogen-bond acceptors (Lipinski definition) is 6. The number of pyridine rings is 2. The van der Waals surface area contributed by atoms with E-state index < -0.39 is 29.1 Å². The monoisotopic (exact) mass is 639 g/mol. The second-order valence-corrected chi connectivity index (χ2v) is 13.8. The number of aliphatic hydroxyl groups is 1. The number of carbonyl (C=O) groups is 1. The highest BCUT2D eigenvalue weighted by atomic mass is 19.1. The molecule has 1 aromatic carbocycles. The highest BCUT2D eigenvalue weighted by molar-refractivity contribution is 6.01. The van der Waals surface area contributed by atoms with E-state index in [1.165, 1.54) is 6.07 Å². The molecule has 0 radical (unpaired) electrons. The number of benzene rings is 1. The first kappa shape index (κ1) is 32.7. The number of halogens is 1. The highest BCUT2D eigenvalue weighted by Gasteiger charge is 2.34. The summed E-state index contributed by atoms with van der Waals surface area (Å²) in [4.78, 5) is 22.3. The standard InChI is InChI=1S/C38H42FN3O5/c1-22-26-11-10-18-46-33(26)29(39)20-27(22)32-28-21-30(24-13-17-40-25(19-24)12-16-38(45)14-8-7-9-15-38)42(6)35(28)41-23(2)31(32)34(36(43)44)47-37(3,4)5/h13,17,19-21,34,45H,7-11,14-15,18H2,1-6H3,(H,43,44). The van der Waals surface area contributed by atoms with Gasteiger partial charge in [0.2, 0.25) is 0 Å². The minimum Gasteiger partial charge on any atom is -0.490 e. The van der Waals surface area contributed by atoms with E-state index >= 15 is 4.39 Å². The fourth-order valence-corrected chi connectivity index (χ4v) is 6.95. The number of hydrogen-bond donors (Lipinski definition) is 2. The molecule has 6 rings (SSSR count). The quantitative estimate of drug-likeness (QED) is 0.220. The minimum absolute atomic E-state index is 0.263. The molecule has 2 aliphatic rings. The Morgan fingerprint density at radius 2 is 1.89 bits per heavy atom. The molecular formula is C38H42FN3O5. The van der Waals surface area contributed by atoms with Crippen LogP contribution in [0.4, 0.5) is 4.39 Å². The molecule has 1 atom stereocenters. The Kier molecular flexibility index (Phi) is 8.62. The van der Waals surface area contributed by atoms with E-state index in [2.05, 4.69) is 16.8 Å². The summed E-state index contributed by atoms with van der Waals surface area (Å²) in [7, 11) is 1.90. The van der Waals surface area contributed by atoms with Crippen LogP contribution in [0.15, 0.2) is 30.5 Å². The number of nitrogens with zero attached hydrogens (tertiary/aromatic N) is 3. The number of fused-ring (bicyclic) bond motifs is 2. The molecule has 246 valence electrons. The van der Waals surface area contributed by atoms with Crippen molar-refractivity contribution >= 4 is 17.0 Å². The Bertz CT molecular complexity index is 1940. The molecule has 1 aliphatic heterocycles. The minimum atomic E-state index is -1.35. The van der Waals surface area contributed by atoms with Crippen molar-refractivity contribution in [2.75, 3.05) is 6.61 Å². The second kappa shape index (κ2) is 12.4. The molecule has 0 spiro atoms. The summed E-state index contributed by atoms with van der Waals surface area (Å²) >= 11 is 0. The van der Waals surface area contributed by atoms with Gasteiger partial charge in [-0.05, 0) is 114 Å². The number of aliphatic carboxylic acids is 1. The lowest BCUT2D eigenvalue weighted by atomic mass is 9.85. The van der Waals surface area contributed by atoms with Crippen LogP contribution in [0.2, 0.25) is 0 Å². The third kappa shape index (κ3) is 6.37. The summed E-state index contributed by atoms with van der Waals surface area (Å²) in [5, 5.41) is 22.1. The molecule has 1 saturated carbocycles. The first-order valence-corrected chi connectivity index (χ1v) is 16.3. The van der Waals surface area contributed by atoms with Crippen molar-refractivity contribution in [3.05, 3.63) is 64.4 Å². The van der Waals surface area contributed by atoms with Gasteiger partial charge in [0.1, 0.15) is 16.9 Å². The molecule has 1 unspecified atom stereocenters. The van der Waals surface area contributed by atoms with Gasteiger partial charge in [-0.1, -0.05) is 12.3 Å². The van der Waals surface area contributed by atoms with Gasteiger partial charge in [0.15, 0.2) is 17.7 Å². The summed E-state index contributed by atoms with van der Waals surface area (Å²) in [5.41, 5.74) is 4.65. The van der Waals surface area contributed by atoms with Crippen LogP contribution in [0.25, 0.3) is 33.4 Å². The second-order valence-electron chi connectivity index (χ2n) is 13.8. The zero-order valence-corrected chi connectivity index (χ0v) is 28.0. The van der Waals surface area contributed by atoms with Gasteiger partial charge in [-0.2, -0.15) is 0 Å². The topological polar surface area (TPSA) is 107 Å². The summed E-state index contributed by atoms with van der Waals surface area (Å²) in [6, 6.07) is 7.18. The largest absolute Gasteiger partial charge is 0.490 e. The molecule has 1 aliphatic carbocycles. The summed E-state index contributed by atoms with van der Waals surface area (Å²) in [5.74, 6) is 4.79. The molecule has 47 heavy (non-hydrogen) atoms. The summed E-state index contributed by atoms with van der Waals surface area (Å²) < 4.78 is 29.6. The molecule has 1 fully saturated rings. The Labute approximate surface area is 275 Å². The lowest BCUT2D eigenvalue weighted by molar-refractivity contribution is -0.160. The lowest BCUT2D eigenvalue weighted by Crippen LogP contribution is -2.29. The normalized spacial score (nSPS) is 16.6. The van der Waals surface area contributed by atoms with Crippen LogP contribution in [-0.4, -0.2) is 48.5 Å². The van der Waals surface area contributed by atoms with Crippen molar-refractivity contribution in [1.82, 2.24) is 14.5 Å². The first-order valence-electron chi connectivity index (χ1n) is 16.3. The Balaban J connectivity index is 1.59. The van der Waals surface area contributed by atoms with Gasteiger partial charge >= 0.3 is 5.97 Å². The van der Waals surface area contributed by atoms with Crippen molar-refractivity contribution in [3.63, 3.8) is 0 Å². The number of aromatic nitrogens is 3. The van der Waals surface area contributed by atoms with Crippen LogP contribution in [-0.2, 0) is 23.0 Å². The molecule has 4 aromatic rings. The Morgan fingerprint density at radius 1 is 1.15 bits per heavy atom. The fraction of sp³-hybridized carbons (Fsp3) is 0.447. The number of ether oxygens (including phenoxy) is 2. The summed E-state index contributed by atoms with van der Waals surface area (Å²) in [6.45, 7) is 9.59. The van der Waals surface area contributed by atoms with Crippen LogP contribution in [0.1, 0.15) is 93.5 Å². The van der Waals surface area contributed by atoms with Crippen LogP contribution in [0.3, 0.4) is 0 Å². The van der Waals surface area contributed by atoms with Gasteiger partial charge in [-0.3, -0.25) is 0 Å². The van der Waals surface area contributed by atoms with Gasteiger partial charge in [-0.15, -0.1) is 0 Å². The molecule has 8 nitrogen and oxygen atoms in total. The van der Waals surface area contributed by atoms with Gasteiger partial charge in [0, 0.05) is 46.6 Å². The maximum atomic E-state index is 15.8. The SMILES string of the molecule is Cc1nc2c(cc(-c3ccnc(C#CC4(O)CCCCC4)c3)n2C)c(-c2cc(F)c3c(c2C)CCCO3)c1C(OC(C)(C)C)C(=O)O. The molecule has 0 saturated heterocycles. The van der Waals surface area contributed by atoms with Crippen molar-refractivity contribution in [2.24, 2.45) is 7.05 Å². The molecule has 9 heteroatoms. The Hall–Kier alpha value is -4.26. The average Bonchev–Trinajstić information content (AvgIpc) is 3.36. The van der Waals surface area contributed by atoms with Crippen LogP contribution in [0, 0.1) is 31.5 Å². The van der Waals surface area contributed by atoms with Gasteiger partial charge in [0.05, 0.1) is 17.9 Å². The van der Waals surface area contributed by atoms with Gasteiger partial charge < -0.3 is 24.3 Å². The molecule has 4 heterocycles. The molecular weight excluding hydrogens is 597 g/mol. The highest BCUT2D eigenvalue weighted by Crippen LogP contribution is 2.45. The van der Waals surface area contributed by atoms with Crippen LogP contribution in [0.5, 0.6) is 5.75 Å². The van der Waals surface area contributed by atoms with Crippen molar-refractivity contribution in [2.45, 2.75) is 96.9 Å². The van der Waals surface area contributed by atoms with E-state index in [-0.39, 0.29) is 5.75 Å². The number of rotatable bonds is 5. The van der Waals surface area contributed by atoms with E-state index in [1.54, 1.807) is 13.1 Å². The number of carboxylic acid groups (broad SMARTS) is 1. The lowest BCUT2D eigenvalue weighted by Gasteiger charge is -2.29. The predicted molar refractivity (Wildman–Crippen MR) is 179 cm³/mol. The third-order valence-corrected chi connectivity index (χ3v) is 9.23. The number of aryl methyl sites for hydroxylation is 2. The van der Waals surface area contributed by atoms with E-state index in [9.17, 15) is 15.0 Å². The van der Waals surface area contributed by atoms with Crippen molar-refractivity contribution < 1.29 is 28.9 Å². The molecule has 0 bridgehead atoms. The smallest absolute Gasteiger partial charge is 0.337 e. The van der Waals surface area contributed by atoms with E-state index in [0.717, 1.165) is 48.1 Å². The van der Waals surface area contributed by atoms with E-state index in [0.29, 0.717) is 65.0 Å². The Morgan fingerprint density at radius 3 is 2.60 bits per heavy atom. The zero-order chi connectivity index (χ0) is 33.7. The molecule has 0 amide bonds. The fourth-order valence-electron chi connectivity index (χ4n) is 6.95. The van der Waals surface area contributed by atoms with Crippen LogP contribution < -0.4 is 4.74 Å². The van der Waals surface area contributed by atoms with Gasteiger partial charge in [0.25, 0.3) is 0 Å². The third-order valence-electron chi connectivity index (χ3n) is 9.23. The van der Waals surface area contributed by atoms with Crippen molar-refractivity contribution in [3.8, 4) is 40.0 Å². The maximum Gasteiger partial charge on any atom is 0.337 e. The summed E-state index contributed by atoms with van der Waals surface area (Å²) in [6.07, 6.45) is 6.09. The maximum absolute atomic E-state index is 15.8. The average molecular weight is 640 g/mol. The van der Waals surface area contributed by atoms with E-state index in [4.69, 9.17) is 14.5 Å². The number of carboxylic acids is 1. The molecule has 3 aromatic heterocycles. The van der Waals surface area contributed by atoms with Crippen molar-refractivity contribution in [1.29, 1.82) is 0 Å². The predicted octanol–water partition coefficient (Wildman–Crippen LogP) is 7.37. The van der Waals surface area contributed by atoms with Crippen LogP contribution >= 0.6 is 0 Å². The van der Waals surface area contributed by atoms with Gasteiger partial charge in [-0.25, -0.2) is 19.2 Å². The first-order chi connectivity index (χ1) is 22.3. The zero-order valence-electron chi connectivity index (χ0n) is 28.0. The van der Waals surface area contributed by atoms with E-state index in [1.807, 2.05) is 57.5 Å².